The molecular weight excluding hydrogens is 252 g/mol. The van der Waals surface area contributed by atoms with Crippen LogP contribution in [0.15, 0.2) is 29.2 Å². The normalized spacial score (nSPS) is 17.0. The van der Waals surface area contributed by atoms with Crippen LogP contribution in [0, 0.1) is 5.92 Å². The Hall–Kier alpha value is -1.11. The summed E-state index contributed by atoms with van der Waals surface area (Å²) in [5.74, 6) is 0.343. The fraction of sp³-hybridized carbons (Fsp3) is 0.500. The molecule has 1 fully saturated rings. The SMILES string of the molecule is CN(C)S(=O)(=O)c1ccc(N2CC(CO)C2)cc1. The van der Waals surface area contributed by atoms with E-state index >= 15 is 0 Å². The largest absolute Gasteiger partial charge is 0.396 e. The molecule has 0 unspecified atom stereocenters. The lowest BCUT2D eigenvalue weighted by atomic mass is 10.0. The van der Waals surface area contributed by atoms with E-state index in [1.54, 1.807) is 12.1 Å². The Labute approximate surface area is 108 Å². The van der Waals surface area contributed by atoms with Crippen molar-refractivity contribution < 1.29 is 13.5 Å². The van der Waals surface area contributed by atoms with Gasteiger partial charge in [-0.05, 0) is 24.3 Å². The van der Waals surface area contributed by atoms with Crippen molar-refractivity contribution in [3.63, 3.8) is 0 Å². The summed E-state index contributed by atoms with van der Waals surface area (Å²) in [4.78, 5) is 2.42. The van der Waals surface area contributed by atoms with Crippen LogP contribution in [0.1, 0.15) is 0 Å². The Morgan fingerprint density at radius 1 is 1.28 bits per heavy atom. The standard InChI is InChI=1S/C12H18N2O3S/c1-13(2)18(16,17)12-5-3-11(4-6-12)14-7-10(8-14)9-15/h3-6,10,15H,7-9H2,1-2H3. The third kappa shape index (κ3) is 2.36. The number of hydrogen-bond donors (Lipinski definition) is 1. The molecule has 5 nitrogen and oxygen atoms in total. The molecule has 1 aliphatic heterocycles. The minimum atomic E-state index is -3.35. The summed E-state index contributed by atoms with van der Waals surface area (Å²) < 4.78 is 25.0. The third-order valence-corrected chi connectivity index (χ3v) is 5.03. The van der Waals surface area contributed by atoms with E-state index in [1.807, 2.05) is 12.1 Å². The van der Waals surface area contributed by atoms with Crippen molar-refractivity contribution >= 4 is 15.7 Å². The van der Waals surface area contributed by atoms with E-state index in [0.29, 0.717) is 10.8 Å². The maximum atomic E-state index is 11.9. The zero-order valence-corrected chi connectivity index (χ0v) is 11.4. The molecule has 1 aliphatic rings. The minimum Gasteiger partial charge on any atom is -0.396 e. The lowest BCUT2D eigenvalue weighted by molar-refractivity contribution is 0.201. The molecule has 0 amide bonds. The van der Waals surface area contributed by atoms with Crippen LogP contribution in [-0.4, -0.2) is 51.6 Å². The highest BCUT2D eigenvalue weighted by Crippen LogP contribution is 2.25. The molecular formula is C12H18N2O3S. The molecule has 0 radical (unpaired) electrons. The molecule has 100 valence electrons. The molecule has 1 aromatic rings. The van der Waals surface area contributed by atoms with Gasteiger partial charge < -0.3 is 10.0 Å². The van der Waals surface area contributed by atoms with Gasteiger partial charge in [-0.2, -0.15) is 0 Å². The first-order valence-electron chi connectivity index (χ1n) is 5.83. The van der Waals surface area contributed by atoms with Crippen LogP contribution in [0.2, 0.25) is 0 Å². The van der Waals surface area contributed by atoms with E-state index in [2.05, 4.69) is 4.90 Å². The first kappa shape index (κ1) is 13.3. The summed E-state index contributed by atoms with van der Waals surface area (Å²) in [6, 6.07) is 6.86. The van der Waals surface area contributed by atoms with Crippen LogP contribution in [0.5, 0.6) is 0 Å². The van der Waals surface area contributed by atoms with E-state index in [4.69, 9.17) is 5.11 Å². The Morgan fingerprint density at radius 3 is 2.28 bits per heavy atom. The molecule has 0 spiro atoms. The number of hydrogen-bond acceptors (Lipinski definition) is 4. The van der Waals surface area contributed by atoms with Crippen molar-refractivity contribution in [3.8, 4) is 0 Å². The van der Waals surface area contributed by atoms with Gasteiger partial charge in [0.25, 0.3) is 0 Å². The molecule has 1 aromatic carbocycles. The van der Waals surface area contributed by atoms with Gasteiger partial charge in [0.05, 0.1) is 4.90 Å². The van der Waals surface area contributed by atoms with E-state index < -0.39 is 10.0 Å². The van der Waals surface area contributed by atoms with Crippen molar-refractivity contribution in [2.75, 3.05) is 38.7 Å². The van der Waals surface area contributed by atoms with Crippen LogP contribution >= 0.6 is 0 Å². The van der Waals surface area contributed by atoms with Gasteiger partial charge in [0, 0.05) is 45.4 Å². The quantitative estimate of drug-likeness (QED) is 0.858. The number of sulfonamides is 1. The molecule has 0 bridgehead atoms. The number of aliphatic hydroxyl groups is 1. The second-order valence-electron chi connectivity index (χ2n) is 4.73. The third-order valence-electron chi connectivity index (χ3n) is 3.20. The fourth-order valence-electron chi connectivity index (χ4n) is 1.94. The summed E-state index contributed by atoms with van der Waals surface area (Å²) in [6.45, 7) is 1.87. The van der Waals surface area contributed by atoms with E-state index in [1.165, 1.54) is 18.4 Å². The molecule has 2 rings (SSSR count). The number of benzene rings is 1. The van der Waals surface area contributed by atoms with Crippen molar-refractivity contribution in [1.29, 1.82) is 0 Å². The zero-order chi connectivity index (χ0) is 13.3. The molecule has 18 heavy (non-hydrogen) atoms. The topological polar surface area (TPSA) is 60.9 Å². The van der Waals surface area contributed by atoms with Gasteiger partial charge in [-0.3, -0.25) is 0 Å². The van der Waals surface area contributed by atoms with Crippen LogP contribution in [-0.2, 0) is 10.0 Å². The highest BCUT2D eigenvalue weighted by Gasteiger charge is 2.26. The first-order valence-corrected chi connectivity index (χ1v) is 7.27. The summed E-state index contributed by atoms with van der Waals surface area (Å²) in [5.41, 5.74) is 0.998. The monoisotopic (exact) mass is 270 g/mol. The molecule has 1 saturated heterocycles. The Morgan fingerprint density at radius 2 is 1.83 bits per heavy atom. The van der Waals surface area contributed by atoms with E-state index in [9.17, 15) is 8.42 Å². The van der Waals surface area contributed by atoms with Gasteiger partial charge >= 0.3 is 0 Å². The molecule has 0 atom stereocenters. The number of anilines is 1. The average molecular weight is 270 g/mol. The van der Waals surface area contributed by atoms with Crippen LogP contribution < -0.4 is 4.90 Å². The Balaban J connectivity index is 2.12. The summed E-state index contributed by atoms with van der Waals surface area (Å²) in [6.07, 6.45) is 0. The van der Waals surface area contributed by atoms with Crippen LogP contribution in [0.4, 0.5) is 5.69 Å². The van der Waals surface area contributed by atoms with Crippen molar-refractivity contribution in [3.05, 3.63) is 24.3 Å². The smallest absolute Gasteiger partial charge is 0.242 e. The average Bonchev–Trinajstić information content (AvgIpc) is 2.28. The summed E-state index contributed by atoms with van der Waals surface area (Å²) in [5, 5.41) is 8.95. The summed E-state index contributed by atoms with van der Waals surface area (Å²) in [7, 11) is -0.312. The maximum absolute atomic E-state index is 11.9. The van der Waals surface area contributed by atoms with Crippen molar-refractivity contribution in [1.82, 2.24) is 4.31 Å². The molecule has 0 saturated carbocycles. The predicted octanol–water partition coefficient (Wildman–Crippen LogP) is 0.365. The number of rotatable bonds is 4. The molecule has 1 N–H and O–H groups in total. The highest BCUT2D eigenvalue weighted by molar-refractivity contribution is 7.89. The molecule has 1 heterocycles. The minimum absolute atomic E-state index is 0.212. The molecule has 0 aromatic heterocycles. The highest BCUT2D eigenvalue weighted by atomic mass is 32.2. The van der Waals surface area contributed by atoms with Gasteiger partial charge in [-0.15, -0.1) is 0 Å². The van der Waals surface area contributed by atoms with Crippen molar-refractivity contribution in [2.24, 2.45) is 5.92 Å². The Bertz CT molecular complexity index is 505. The molecule has 6 heteroatoms. The van der Waals surface area contributed by atoms with Gasteiger partial charge in [-0.25, -0.2) is 12.7 Å². The van der Waals surface area contributed by atoms with Gasteiger partial charge in [0.1, 0.15) is 0 Å². The van der Waals surface area contributed by atoms with Crippen molar-refractivity contribution in [2.45, 2.75) is 4.90 Å². The first-order chi connectivity index (χ1) is 8.45. The fourth-order valence-corrected chi connectivity index (χ4v) is 2.84. The predicted molar refractivity (Wildman–Crippen MR) is 70.1 cm³/mol. The zero-order valence-electron chi connectivity index (χ0n) is 10.6. The van der Waals surface area contributed by atoms with Crippen LogP contribution in [0.3, 0.4) is 0 Å². The van der Waals surface area contributed by atoms with Gasteiger partial charge in [0.2, 0.25) is 10.0 Å². The second kappa shape index (κ2) is 4.87. The molecule has 0 aliphatic carbocycles. The maximum Gasteiger partial charge on any atom is 0.242 e. The number of aliphatic hydroxyl groups excluding tert-OH is 1. The second-order valence-corrected chi connectivity index (χ2v) is 6.89. The van der Waals surface area contributed by atoms with Gasteiger partial charge in [0.15, 0.2) is 0 Å². The van der Waals surface area contributed by atoms with Gasteiger partial charge in [-0.1, -0.05) is 0 Å². The van der Waals surface area contributed by atoms with E-state index in [0.717, 1.165) is 18.8 Å². The van der Waals surface area contributed by atoms with Crippen LogP contribution in [0.25, 0.3) is 0 Å². The number of nitrogens with zero attached hydrogens (tertiary/aromatic N) is 2. The lowest BCUT2D eigenvalue weighted by Gasteiger charge is -2.40. The lowest BCUT2D eigenvalue weighted by Crippen LogP contribution is -2.48. The Kier molecular flexibility index (Phi) is 3.61. The van der Waals surface area contributed by atoms with E-state index in [-0.39, 0.29) is 6.61 Å². The summed E-state index contributed by atoms with van der Waals surface area (Å²) >= 11 is 0.